The first-order valence-corrected chi connectivity index (χ1v) is 4.80. The SMILES string of the molecule is CC(C)(C)C1CCC(COO)C1. The van der Waals surface area contributed by atoms with E-state index in [1.54, 1.807) is 0 Å². The monoisotopic (exact) mass is 172 g/mol. The second-order valence-electron chi connectivity index (χ2n) is 5.04. The highest BCUT2D eigenvalue weighted by Crippen LogP contribution is 2.41. The Hall–Kier alpha value is -0.0800. The van der Waals surface area contributed by atoms with Gasteiger partial charge in [-0.1, -0.05) is 20.8 Å². The van der Waals surface area contributed by atoms with Crippen LogP contribution in [0.4, 0.5) is 0 Å². The van der Waals surface area contributed by atoms with Crippen LogP contribution in [0.15, 0.2) is 0 Å². The van der Waals surface area contributed by atoms with E-state index >= 15 is 0 Å². The highest BCUT2D eigenvalue weighted by atomic mass is 17.1. The van der Waals surface area contributed by atoms with Gasteiger partial charge in [0.1, 0.15) is 0 Å². The molecule has 0 aliphatic heterocycles. The zero-order valence-electron chi connectivity index (χ0n) is 8.34. The zero-order valence-corrected chi connectivity index (χ0v) is 8.34. The maximum absolute atomic E-state index is 8.32. The van der Waals surface area contributed by atoms with Crippen LogP contribution in [-0.2, 0) is 4.89 Å². The van der Waals surface area contributed by atoms with E-state index in [0.29, 0.717) is 17.9 Å². The maximum Gasteiger partial charge on any atom is 0.0848 e. The third kappa shape index (κ3) is 2.46. The molecule has 1 aliphatic carbocycles. The van der Waals surface area contributed by atoms with Crippen molar-refractivity contribution < 1.29 is 10.1 Å². The Labute approximate surface area is 74.9 Å². The van der Waals surface area contributed by atoms with Crippen molar-refractivity contribution in [2.45, 2.75) is 40.0 Å². The lowest BCUT2D eigenvalue weighted by Crippen LogP contribution is -2.18. The van der Waals surface area contributed by atoms with Crippen LogP contribution in [0.2, 0.25) is 0 Å². The second-order valence-corrected chi connectivity index (χ2v) is 5.04. The standard InChI is InChI=1S/C10H20O2/c1-10(2,3)9-5-4-8(6-9)7-12-11/h8-9,11H,4-7H2,1-3H3. The van der Waals surface area contributed by atoms with E-state index < -0.39 is 0 Å². The second kappa shape index (κ2) is 3.75. The van der Waals surface area contributed by atoms with Crippen molar-refractivity contribution in [3.05, 3.63) is 0 Å². The number of hydrogen-bond acceptors (Lipinski definition) is 2. The Morgan fingerprint density at radius 2 is 2.00 bits per heavy atom. The number of rotatable bonds is 2. The molecule has 2 nitrogen and oxygen atoms in total. The molecule has 0 aromatic carbocycles. The van der Waals surface area contributed by atoms with E-state index in [-0.39, 0.29) is 0 Å². The Bertz CT molecular complexity index is 137. The van der Waals surface area contributed by atoms with Crippen LogP contribution in [0.3, 0.4) is 0 Å². The molecule has 1 N–H and O–H groups in total. The van der Waals surface area contributed by atoms with Gasteiger partial charge in [-0.15, -0.1) is 0 Å². The minimum absolute atomic E-state index is 0.421. The van der Waals surface area contributed by atoms with E-state index in [0.717, 1.165) is 5.92 Å². The molecule has 2 heteroatoms. The topological polar surface area (TPSA) is 29.5 Å². The molecular weight excluding hydrogens is 152 g/mol. The lowest BCUT2D eigenvalue weighted by molar-refractivity contribution is -0.250. The van der Waals surface area contributed by atoms with Crippen LogP contribution >= 0.6 is 0 Å². The molecule has 12 heavy (non-hydrogen) atoms. The molecule has 0 spiro atoms. The van der Waals surface area contributed by atoms with E-state index in [2.05, 4.69) is 25.7 Å². The summed E-state index contributed by atoms with van der Waals surface area (Å²) in [5.74, 6) is 1.39. The molecule has 1 fully saturated rings. The first kappa shape index (κ1) is 10.0. The molecule has 0 heterocycles. The Morgan fingerprint density at radius 3 is 2.42 bits per heavy atom. The summed E-state index contributed by atoms with van der Waals surface area (Å²) in [7, 11) is 0. The molecule has 72 valence electrons. The van der Waals surface area contributed by atoms with Gasteiger partial charge in [0.2, 0.25) is 0 Å². The minimum atomic E-state index is 0.421. The molecule has 0 bridgehead atoms. The van der Waals surface area contributed by atoms with Gasteiger partial charge in [0.25, 0.3) is 0 Å². The highest BCUT2D eigenvalue weighted by molar-refractivity contribution is 4.83. The Kier molecular flexibility index (Phi) is 3.13. The van der Waals surface area contributed by atoms with Crippen molar-refractivity contribution in [3.63, 3.8) is 0 Å². The minimum Gasteiger partial charge on any atom is -0.252 e. The van der Waals surface area contributed by atoms with E-state index in [1.807, 2.05) is 0 Å². The van der Waals surface area contributed by atoms with Gasteiger partial charge in [-0.25, -0.2) is 4.89 Å². The average molecular weight is 172 g/mol. The molecule has 0 amide bonds. The summed E-state index contributed by atoms with van der Waals surface area (Å²) in [6.45, 7) is 7.39. The fourth-order valence-electron chi connectivity index (χ4n) is 2.12. The lowest BCUT2D eigenvalue weighted by Gasteiger charge is -2.26. The summed E-state index contributed by atoms with van der Waals surface area (Å²) in [5.41, 5.74) is 0.421. The highest BCUT2D eigenvalue weighted by Gasteiger charge is 2.32. The lowest BCUT2D eigenvalue weighted by atomic mass is 9.79. The third-order valence-corrected chi connectivity index (χ3v) is 3.08. The van der Waals surface area contributed by atoms with Crippen molar-refractivity contribution >= 4 is 0 Å². The largest absolute Gasteiger partial charge is 0.252 e. The van der Waals surface area contributed by atoms with Gasteiger partial charge >= 0.3 is 0 Å². The molecule has 0 aromatic heterocycles. The van der Waals surface area contributed by atoms with E-state index in [4.69, 9.17) is 5.26 Å². The molecule has 1 saturated carbocycles. The maximum atomic E-state index is 8.32. The van der Waals surface area contributed by atoms with Crippen molar-refractivity contribution in [2.75, 3.05) is 6.61 Å². The molecule has 2 atom stereocenters. The Morgan fingerprint density at radius 1 is 1.33 bits per heavy atom. The van der Waals surface area contributed by atoms with Gasteiger partial charge < -0.3 is 0 Å². The summed E-state index contributed by atoms with van der Waals surface area (Å²) < 4.78 is 0. The Balaban J connectivity index is 2.35. The summed E-state index contributed by atoms with van der Waals surface area (Å²) >= 11 is 0. The summed E-state index contributed by atoms with van der Waals surface area (Å²) in [6.07, 6.45) is 3.71. The third-order valence-electron chi connectivity index (χ3n) is 3.08. The molecular formula is C10H20O2. The van der Waals surface area contributed by atoms with Crippen LogP contribution in [-0.4, -0.2) is 11.9 Å². The molecule has 1 rings (SSSR count). The van der Waals surface area contributed by atoms with Gasteiger partial charge in [0, 0.05) is 0 Å². The summed E-state index contributed by atoms with van der Waals surface area (Å²) in [5, 5.41) is 8.32. The predicted molar refractivity (Wildman–Crippen MR) is 48.9 cm³/mol. The van der Waals surface area contributed by atoms with Crippen LogP contribution in [0, 0.1) is 17.3 Å². The summed E-state index contributed by atoms with van der Waals surface area (Å²) in [4.78, 5) is 4.19. The van der Waals surface area contributed by atoms with Crippen molar-refractivity contribution in [1.82, 2.24) is 0 Å². The fraction of sp³-hybridized carbons (Fsp3) is 1.00. The first-order valence-electron chi connectivity index (χ1n) is 4.80. The van der Waals surface area contributed by atoms with Crippen LogP contribution < -0.4 is 0 Å². The van der Waals surface area contributed by atoms with E-state index in [1.165, 1.54) is 19.3 Å². The van der Waals surface area contributed by atoms with Crippen LogP contribution in [0.1, 0.15) is 40.0 Å². The van der Waals surface area contributed by atoms with Gasteiger partial charge in [-0.2, -0.15) is 0 Å². The molecule has 0 saturated heterocycles. The fourth-order valence-corrected chi connectivity index (χ4v) is 2.12. The average Bonchev–Trinajstić information content (AvgIpc) is 2.35. The quantitative estimate of drug-likeness (QED) is 0.512. The molecule has 0 radical (unpaired) electrons. The molecule has 2 unspecified atom stereocenters. The zero-order chi connectivity index (χ0) is 9.19. The van der Waals surface area contributed by atoms with Gasteiger partial charge in [0.15, 0.2) is 0 Å². The van der Waals surface area contributed by atoms with Crippen LogP contribution in [0.5, 0.6) is 0 Å². The molecule has 0 aromatic rings. The van der Waals surface area contributed by atoms with E-state index in [9.17, 15) is 0 Å². The van der Waals surface area contributed by atoms with Crippen LogP contribution in [0.25, 0.3) is 0 Å². The van der Waals surface area contributed by atoms with Gasteiger partial charge in [-0.3, -0.25) is 5.26 Å². The summed E-state index contributed by atoms with van der Waals surface area (Å²) in [6, 6.07) is 0. The normalized spacial score (nSPS) is 31.0. The smallest absolute Gasteiger partial charge is 0.0848 e. The van der Waals surface area contributed by atoms with Crippen molar-refractivity contribution in [1.29, 1.82) is 0 Å². The van der Waals surface area contributed by atoms with Crippen molar-refractivity contribution in [2.24, 2.45) is 17.3 Å². The van der Waals surface area contributed by atoms with Gasteiger partial charge in [-0.05, 0) is 36.5 Å². The first-order chi connectivity index (χ1) is 5.54. The van der Waals surface area contributed by atoms with Gasteiger partial charge in [0.05, 0.1) is 6.61 Å². The van der Waals surface area contributed by atoms with Crippen molar-refractivity contribution in [3.8, 4) is 0 Å². The predicted octanol–water partition coefficient (Wildman–Crippen LogP) is 2.94. The molecule has 1 aliphatic rings. The number of hydrogen-bond donors (Lipinski definition) is 1.